The second kappa shape index (κ2) is 6.88. The maximum Gasteiger partial charge on any atom is 0.156 e. The fourth-order valence-electron chi connectivity index (χ4n) is 2.42. The summed E-state index contributed by atoms with van der Waals surface area (Å²) in [5.41, 5.74) is 2.23. The molecule has 0 fully saturated rings. The normalized spacial score (nSPS) is 13.0. The van der Waals surface area contributed by atoms with Gasteiger partial charge in [0.2, 0.25) is 0 Å². The Bertz CT molecular complexity index is 611. The maximum atomic E-state index is 5.13. The molecular weight excluding hydrogens is 274 g/mol. The number of aromatic nitrogens is 2. The zero-order valence-electron chi connectivity index (χ0n) is 14.1. The summed E-state index contributed by atoms with van der Waals surface area (Å²) in [4.78, 5) is 8.90. The maximum absolute atomic E-state index is 5.13. The molecule has 118 valence electrons. The van der Waals surface area contributed by atoms with Gasteiger partial charge in [-0.2, -0.15) is 0 Å². The highest BCUT2D eigenvalue weighted by molar-refractivity contribution is 5.39. The van der Waals surface area contributed by atoms with Gasteiger partial charge in [-0.15, -0.1) is 0 Å². The highest BCUT2D eigenvalue weighted by Crippen LogP contribution is 2.28. The van der Waals surface area contributed by atoms with Gasteiger partial charge in [0.25, 0.3) is 0 Å². The Balaban J connectivity index is 2.19. The Morgan fingerprint density at radius 3 is 2.50 bits per heavy atom. The van der Waals surface area contributed by atoms with Gasteiger partial charge in [0.1, 0.15) is 12.4 Å². The van der Waals surface area contributed by atoms with Crippen LogP contribution in [0.2, 0.25) is 0 Å². The van der Waals surface area contributed by atoms with Crippen molar-refractivity contribution < 1.29 is 4.74 Å². The molecule has 1 heterocycles. The van der Waals surface area contributed by atoms with Gasteiger partial charge >= 0.3 is 0 Å². The smallest absolute Gasteiger partial charge is 0.156 e. The monoisotopic (exact) mass is 299 g/mol. The SMILES string of the molecule is COCc1nc(C)cc(NC(C)C(C)(C)c2ccccc2)n1. The number of ether oxygens (including phenoxy) is 1. The standard InChI is InChI=1S/C18H25N3O/c1-13-11-16(21-17(19-13)12-22-5)20-14(2)18(3,4)15-9-7-6-8-10-15/h6-11,14H,12H2,1-5H3,(H,19,20,21). The number of nitrogens with zero attached hydrogens (tertiary/aromatic N) is 2. The average molecular weight is 299 g/mol. The molecule has 1 unspecified atom stereocenters. The summed E-state index contributed by atoms with van der Waals surface area (Å²) in [6.07, 6.45) is 0. The van der Waals surface area contributed by atoms with Crippen molar-refractivity contribution in [3.63, 3.8) is 0 Å². The molecule has 0 saturated heterocycles. The van der Waals surface area contributed by atoms with Crippen LogP contribution in [0.4, 0.5) is 5.82 Å². The second-order valence-corrected chi connectivity index (χ2v) is 6.20. The van der Waals surface area contributed by atoms with Crippen molar-refractivity contribution in [3.8, 4) is 0 Å². The molecule has 1 N–H and O–H groups in total. The van der Waals surface area contributed by atoms with E-state index in [9.17, 15) is 0 Å². The summed E-state index contributed by atoms with van der Waals surface area (Å²) >= 11 is 0. The van der Waals surface area contributed by atoms with Crippen molar-refractivity contribution in [1.29, 1.82) is 0 Å². The van der Waals surface area contributed by atoms with Crippen LogP contribution in [0.15, 0.2) is 36.4 Å². The lowest BCUT2D eigenvalue weighted by Gasteiger charge is -2.33. The van der Waals surface area contributed by atoms with Crippen molar-refractivity contribution >= 4 is 5.82 Å². The number of nitrogens with one attached hydrogen (secondary N) is 1. The zero-order chi connectivity index (χ0) is 16.2. The molecule has 0 aliphatic carbocycles. The Kier molecular flexibility index (Phi) is 5.14. The number of aryl methyl sites for hydroxylation is 1. The Morgan fingerprint density at radius 1 is 1.18 bits per heavy atom. The minimum Gasteiger partial charge on any atom is -0.377 e. The topological polar surface area (TPSA) is 47.0 Å². The van der Waals surface area contributed by atoms with Gasteiger partial charge in [-0.25, -0.2) is 9.97 Å². The quantitative estimate of drug-likeness (QED) is 0.883. The Hall–Kier alpha value is -1.94. The Labute approximate surface area is 133 Å². The first-order valence-electron chi connectivity index (χ1n) is 7.59. The first kappa shape index (κ1) is 16.4. The zero-order valence-corrected chi connectivity index (χ0v) is 14.1. The van der Waals surface area contributed by atoms with E-state index in [-0.39, 0.29) is 11.5 Å². The highest BCUT2D eigenvalue weighted by Gasteiger charge is 2.28. The number of methoxy groups -OCH3 is 1. The van der Waals surface area contributed by atoms with Crippen LogP contribution in [0.25, 0.3) is 0 Å². The number of benzene rings is 1. The lowest BCUT2D eigenvalue weighted by molar-refractivity contribution is 0.177. The molecule has 4 nitrogen and oxygen atoms in total. The fourth-order valence-corrected chi connectivity index (χ4v) is 2.42. The van der Waals surface area contributed by atoms with Crippen molar-refractivity contribution in [3.05, 3.63) is 53.5 Å². The third-order valence-corrected chi connectivity index (χ3v) is 4.14. The van der Waals surface area contributed by atoms with Crippen LogP contribution in [0.3, 0.4) is 0 Å². The summed E-state index contributed by atoms with van der Waals surface area (Å²) in [7, 11) is 1.65. The van der Waals surface area contributed by atoms with Crippen molar-refractivity contribution in [2.75, 3.05) is 12.4 Å². The molecule has 1 atom stereocenters. The predicted molar refractivity (Wildman–Crippen MR) is 90.0 cm³/mol. The average Bonchev–Trinajstić information content (AvgIpc) is 2.47. The Morgan fingerprint density at radius 2 is 1.86 bits per heavy atom. The van der Waals surface area contributed by atoms with E-state index in [1.165, 1.54) is 5.56 Å². The molecule has 0 aliphatic rings. The molecule has 2 aromatic rings. The third kappa shape index (κ3) is 3.83. The van der Waals surface area contributed by atoms with E-state index in [0.29, 0.717) is 12.4 Å². The van der Waals surface area contributed by atoms with Gasteiger partial charge in [0.05, 0.1) is 0 Å². The number of hydrogen-bond donors (Lipinski definition) is 1. The molecule has 1 aromatic heterocycles. The van der Waals surface area contributed by atoms with Gasteiger partial charge < -0.3 is 10.1 Å². The van der Waals surface area contributed by atoms with Crippen LogP contribution in [0, 0.1) is 6.92 Å². The number of anilines is 1. The summed E-state index contributed by atoms with van der Waals surface area (Å²) in [5, 5.41) is 3.51. The van der Waals surface area contributed by atoms with Crippen molar-refractivity contribution in [2.24, 2.45) is 0 Å². The molecule has 22 heavy (non-hydrogen) atoms. The van der Waals surface area contributed by atoms with E-state index in [4.69, 9.17) is 4.74 Å². The largest absolute Gasteiger partial charge is 0.377 e. The molecule has 0 saturated carbocycles. The van der Waals surface area contributed by atoms with Crippen LogP contribution in [0.1, 0.15) is 37.9 Å². The van der Waals surface area contributed by atoms with Gasteiger partial charge in [0.15, 0.2) is 5.82 Å². The lowest BCUT2D eigenvalue weighted by Crippen LogP contribution is -2.37. The molecule has 4 heteroatoms. The molecular formula is C18H25N3O. The first-order chi connectivity index (χ1) is 10.4. The molecule has 1 aromatic carbocycles. The first-order valence-corrected chi connectivity index (χ1v) is 7.59. The van der Waals surface area contributed by atoms with Gasteiger partial charge in [-0.3, -0.25) is 0 Å². The minimum absolute atomic E-state index is 0.0124. The fraction of sp³-hybridized carbons (Fsp3) is 0.444. The summed E-state index contributed by atoms with van der Waals surface area (Å²) in [6.45, 7) is 9.06. The number of rotatable bonds is 6. The predicted octanol–water partition coefficient (Wildman–Crippen LogP) is 3.71. The molecule has 0 radical (unpaired) electrons. The van der Waals surface area contributed by atoms with E-state index in [1.54, 1.807) is 7.11 Å². The second-order valence-electron chi connectivity index (χ2n) is 6.20. The van der Waals surface area contributed by atoms with E-state index < -0.39 is 0 Å². The van der Waals surface area contributed by atoms with Crippen LogP contribution < -0.4 is 5.32 Å². The van der Waals surface area contributed by atoms with E-state index in [2.05, 4.69) is 60.3 Å². The van der Waals surface area contributed by atoms with Crippen LogP contribution >= 0.6 is 0 Å². The molecule has 0 spiro atoms. The lowest BCUT2D eigenvalue weighted by atomic mass is 9.78. The van der Waals surface area contributed by atoms with Gasteiger partial charge in [0, 0.05) is 30.3 Å². The molecule has 0 bridgehead atoms. The molecule has 2 rings (SSSR count). The summed E-state index contributed by atoms with van der Waals surface area (Å²) < 4.78 is 5.13. The third-order valence-electron chi connectivity index (χ3n) is 4.14. The van der Waals surface area contributed by atoms with E-state index in [1.807, 2.05) is 19.1 Å². The van der Waals surface area contributed by atoms with Gasteiger partial charge in [-0.1, -0.05) is 44.2 Å². The van der Waals surface area contributed by atoms with Crippen molar-refractivity contribution in [1.82, 2.24) is 9.97 Å². The summed E-state index contributed by atoms with van der Waals surface area (Å²) in [5.74, 6) is 1.55. The highest BCUT2D eigenvalue weighted by atomic mass is 16.5. The molecule has 0 amide bonds. The molecule has 0 aliphatic heterocycles. The van der Waals surface area contributed by atoms with Crippen LogP contribution in [-0.4, -0.2) is 23.1 Å². The van der Waals surface area contributed by atoms with Gasteiger partial charge in [-0.05, 0) is 19.4 Å². The van der Waals surface area contributed by atoms with E-state index >= 15 is 0 Å². The van der Waals surface area contributed by atoms with Crippen molar-refractivity contribution in [2.45, 2.75) is 45.8 Å². The number of hydrogen-bond acceptors (Lipinski definition) is 4. The van der Waals surface area contributed by atoms with Crippen LogP contribution in [0.5, 0.6) is 0 Å². The summed E-state index contributed by atoms with van der Waals surface area (Å²) in [6, 6.07) is 12.7. The minimum atomic E-state index is -0.0124. The van der Waals surface area contributed by atoms with E-state index in [0.717, 1.165) is 11.5 Å². The van der Waals surface area contributed by atoms with Crippen LogP contribution in [-0.2, 0) is 16.8 Å².